The molecule has 0 saturated carbocycles. The lowest BCUT2D eigenvalue weighted by molar-refractivity contribution is 1.47. The third-order valence-electron chi connectivity index (χ3n) is 1.87. The van der Waals surface area contributed by atoms with Crippen molar-refractivity contribution in [3.63, 3.8) is 0 Å². The first-order valence-corrected chi connectivity index (χ1v) is 7.80. The highest BCUT2D eigenvalue weighted by molar-refractivity contribution is 14.1. The molecule has 0 spiro atoms. The van der Waals surface area contributed by atoms with E-state index in [1.54, 1.807) is 0 Å². The highest BCUT2D eigenvalue weighted by Crippen LogP contribution is 2.33. The molecule has 0 N–H and O–H groups in total. The van der Waals surface area contributed by atoms with Gasteiger partial charge < -0.3 is 0 Å². The van der Waals surface area contributed by atoms with E-state index in [1.807, 2.05) is 11.3 Å². The Labute approximate surface area is 117 Å². The average molecular weight is 479 g/mol. The first kappa shape index (κ1) is 10.6. The molecule has 4 heteroatoms. The van der Waals surface area contributed by atoms with Gasteiger partial charge in [0.05, 0.1) is 0 Å². The highest BCUT2D eigenvalue weighted by Gasteiger charge is 2.08. The topological polar surface area (TPSA) is 0 Å². The molecule has 68 valence electrons. The van der Waals surface area contributed by atoms with Crippen LogP contribution in [-0.4, -0.2) is 0 Å². The molecule has 1 aromatic heterocycles. The van der Waals surface area contributed by atoms with E-state index in [9.17, 15) is 0 Å². The number of hydrogen-bond acceptors (Lipinski definition) is 1. The van der Waals surface area contributed by atoms with Gasteiger partial charge in [-0.25, -0.2) is 0 Å². The molecule has 0 atom stereocenters. The first-order chi connectivity index (χ1) is 6.24. The van der Waals surface area contributed by atoms with Crippen LogP contribution in [0, 0.1) is 7.14 Å². The van der Waals surface area contributed by atoms with Crippen LogP contribution in [0.1, 0.15) is 5.56 Å². The number of benzene rings is 1. The number of halogens is 3. The SMILES string of the molecule is BrCc1cc(I)c(I)c2sccc12. The normalized spacial score (nSPS) is 11.0. The van der Waals surface area contributed by atoms with Crippen molar-refractivity contribution >= 4 is 82.5 Å². The maximum Gasteiger partial charge on any atom is 0.0490 e. The van der Waals surface area contributed by atoms with Crippen molar-refractivity contribution in [1.29, 1.82) is 0 Å². The minimum Gasteiger partial charge on any atom is -0.143 e. The zero-order valence-corrected chi connectivity index (χ0v) is 13.2. The van der Waals surface area contributed by atoms with Gasteiger partial charge in [-0.1, -0.05) is 15.9 Å². The molecule has 2 aromatic rings. The standard InChI is InChI=1S/C9H5BrI2S/c10-4-5-3-7(11)8(12)9-6(5)1-2-13-9/h1-3H,4H2. The molecule has 0 unspecified atom stereocenters. The minimum atomic E-state index is 0.938. The van der Waals surface area contributed by atoms with Gasteiger partial charge in [0, 0.05) is 17.2 Å². The van der Waals surface area contributed by atoms with Crippen LogP contribution in [0.2, 0.25) is 0 Å². The van der Waals surface area contributed by atoms with Gasteiger partial charge in [-0.3, -0.25) is 0 Å². The molecule has 0 aliphatic carbocycles. The molecule has 0 radical (unpaired) electrons. The summed E-state index contributed by atoms with van der Waals surface area (Å²) in [5, 5.41) is 4.49. The quantitative estimate of drug-likeness (QED) is 0.399. The van der Waals surface area contributed by atoms with E-state index in [0.29, 0.717) is 0 Å². The van der Waals surface area contributed by atoms with Crippen LogP contribution >= 0.6 is 72.4 Å². The summed E-state index contributed by atoms with van der Waals surface area (Å²) in [7, 11) is 0. The molecule has 0 bridgehead atoms. The zero-order chi connectivity index (χ0) is 9.42. The number of hydrogen-bond donors (Lipinski definition) is 0. The van der Waals surface area contributed by atoms with Crippen molar-refractivity contribution in [1.82, 2.24) is 0 Å². The summed E-state index contributed by atoms with van der Waals surface area (Å²) in [6.45, 7) is 0. The Kier molecular flexibility index (Phi) is 3.53. The van der Waals surface area contributed by atoms with E-state index >= 15 is 0 Å². The smallest absolute Gasteiger partial charge is 0.0490 e. The lowest BCUT2D eigenvalue weighted by atomic mass is 10.2. The number of rotatable bonds is 1. The van der Waals surface area contributed by atoms with Gasteiger partial charge in [-0.2, -0.15) is 0 Å². The molecule has 0 saturated heterocycles. The summed E-state index contributed by atoms with van der Waals surface area (Å²) in [5.41, 5.74) is 1.39. The molecule has 0 amide bonds. The Morgan fingerprint density at radius 2 is 2.15 bits per heavy atom. The van der Waals surface area contributed by atoms with Crippen molar-refractivity contribution in [2.45, 2.75) is 5.33 Å². The van der Waals surface area contributed by atoms with E-state index < -0.39 is 0 Å². The molecule has 13 heavy (non-hydrogen) atoms. The van der Waals surface area contributed by atoms with Crippen LogP contribution in [0.5, 0.6) is 0 Å². The monoisotopic (exact) mass is 478 g/mol. The molecule has 0 aliphatic heterocycles. The summed E-state index contributed by atoms with van der Waals surface area (Å²) in [6.07, 6.45) is 0. The summed E-state index contributed by atoms with van der Waals surface area (Å²) in [5.74, 6) is 0. The predicted molar refractivity (Wildman–Crippen MR) is 79.9 cm³/mol. The summed E-state index contributed by atoms with van der Waals surface area (Å²) in [4.78, 5) is 0. The second-order valence-electron chi connectivity index (χ2n) is 2.63. The van der Waals surface area contributed by atoms with E-state index in [-0.39, 0.29) is 0 Å². The van der Waals surface area contributed by atoms with Crippen LogP contribution in [0.15, 0.2) is 17.5 Å². The first-order valence-electron chi connectivity index (χ1n) is 3.64. The van der Waals surface area contributed by atoms with Crippen molar-refractivity contribution in [2.24, 2.45) is 0 Å². The van der Waals surface area contributed by atoms with E-state index in [2.05, 4.69) is 78.6 Å². The zero-order valence-electron chi connectivity index (χ0n) is 6.48. The van der Waals surface area contributed by atoms with E-state index in [0.717, 1.165) is 5.33 Å². The van der Waals surface area contributed by atoms with Crippen LogP contribution in [0.25, 0.3) is 10.1 Å². The van der Waals surface area contributed by atoms with Crippen LogP contribution in [0.4, 0.5) is 0 Å². The maximum atomic E-state index is 3.52. The van der Waals surface area contributed by atoms with Crippen molar-refractivity contribution in [3.05, 3.63) is 30.2 Å². The van der Waals surface area contributed by atoms with Gasteiger partial charge in [-0.15, -0.1) is 11.3 Å². The number of alkyl halides is 1. The molecule has 0 fully saturated rings. The fraction of sp³-hybridized carbons (Fsp3) is 0.111. The lowest BCUT2D eigenvalue weighted by Crippen LogP contribution is -1.85. The summed E-state index contributed by atoms with van der Waals surface area (Å²) < 4.78 is 4.15. The summed E-state index contributed by atoms with van der Waals surface area (Å²) >= 11 is 10.2. The second-order valence-corrected chi connectivity index (χ2v) is 6.35. The average Bonchev–Trinajstić information content (AvgIpc) is 2.60. The highest BCUT2D eigenvalue weighted by atomic mass is 127. The van der Waals surface area contributed by atoms with Crippen LogP contribution in [0.3, 0.4) is 0 Å². The second kappa shape index (κ2) is 4.32. The summed E-state index contributed by atoms with van der Waals surface area (Å²) in [6, 6.07) is 4.46. The van der Waals surface area contributed by atoms with Crippen molar-refractivity contribution < 1.29 is 0 Å². The van der Waals surface area contributed by atoms with E-state index in [1.165, 1.54) is 22.8 Å². The van der Waals surface area contributed by atoms with Gasteiger partial charge >= 0.3 is 0 Å². The van der Waals surface area contributed by atoms with Gasteiger partial charge in [0.2, 0.25) is 0 Å². The van der Waals surface area contributed by atoms with Gasteiger partial charge in [0.15, 0.2) is 0 Å². The predicted octanol–water partition coefficient (Wildman–Crippen LogP) is 5.01. The Balaban J connectivity index is 2.87. The number of fused-ring (bicyclic) bond motifs is 1. The Bertz CT molecular complexity index is 450. The Hall–Kier alpha value is 1.12. The van der Waals surface area contributed by atoms with Crippen LogP contribution in [-0.2, 0) is 5.33 Å². The fourth-order valence-electron chi connectivity index (χ4n) is 1.25. The van der Waals surface area contributed by atoms with Crippen molar-refractivity contribution in [2.75, 3.05) is 0 Å². The molecule has 2 rings (SSSR count). The molecule has 0 nitrogen and oxygen atoms in total. The third kappa shape index (κ3) is 1.91. The largest absolute Gasteiger partial charge is 0.143 e. The molecule has 1 heterocycles. The fourth-order valence-corrected chi connectivity index (χ4v) is 4.25. The molecule has 1 aromatic carbocycles. The minimum absolute atomic E-state index is 0.938. The van der Waals surface area contributed by atoms with Gasteiger partial charge in [0.25, 0.3) is 0 Å². The van der Waals surface area contributed by atoms with Crippen LogP contribution < -0.4 is 0 Å². The molecule has 0 aliphatic rings. The third-order valence-corrected chi connectivity index (χ3v) is 6.77. The molecular formula is C9H5BrI2S. The molecular weight excluding hydrogens is 474 g/mol. The van der Waals surface area contributed by atoms with Crippen molar-refractivity contribution in [3.8, 4) is 0 Å². The number of thiophene rings is 1. The Morgan fingerprint density at radius 1 is 1.38 bits per heavy atom. The Morgan fingerprint density at radius 3 is 2.85 bits per heavy atom. The van der Waals surface area contributed by atoms with Gasteiger partial charge in [-0.05, 0) is 73.6 Å². The van der Waals surface area contributed by atoms with Gasteiger partial charge in [0.1, 0.15) is 0 Å². The lowest BCUT2D eigenvalue weighted by Gasteiger charge is -2.03. The van der Waals surface area contributed by atoms with E-state index in [4.69, 9.17) is 0 Å². The maximum absolute atomic E-state index is 3.52.